The Bertz CT molecular complexity index is 341. The van der Waals surface area contributed by atoms with Crippen LogP contribution in [0.1, 0.15) is 0 Å². The van der Waals surface area contributed by atoms with E-state index in [9.17, 15) is 4.79 Å². The van der Waals surface area contributed by atoms with Gasteiger partial charge in [0, 0.05) is 4.47 Å². The van der Waals surface area contributed by atoms with E-state index in [0.717, 1.165) is 4.47 Å². The molecule has 0 saturated heterocycles. The standard InChI is InChI=1S/C9H10BrNO3/c1-13-6-3-4-8(7(10)5-6)11-9(12)14-2/h3-5H,1-2H3,(H,11,12). The zero-order valence-electron chi connectivity index (χ0n) is 7.83. The van der Waals surface area contributed by atoms with E-state index in [0.29, 0.717) is 11.4 Å². The molecule has 0 unspecified atom stereocenters. The number of rotatable bonds is 2. The average Bonchev–Trinajstić information content (AvgIpc) is 2.20. The van der Waals surface area contributed by atoms with Gasteiger partial charge in [0.1, 0.15) is 5.75 Å². The van der Waals surface area contributed by atoms with Crippen LogP contribution in [0.5, 0.6) is 5.75 Å². The van der Waals surface area contributed by atoms with Crippen molar-refractivity contribution < 1.29 is 14.3 Å². The van der Waals surface area contributed by atoms with Gasteiger partial charge in [-0.3, -0.25) is 5.32 Å². The van der Waals surface area contributed by atoms with Gasteiger partial charge in [-0.2, -0.15) is 0 Å². The molecule has 1 rings (SSSR count). The van der Waals surface area contributed by atoms with Gasteiger partial charge >= 0.3 is 6.09 Å². The molecule has 0 fully saturated rings. The first-order valence-corrected chi connectivity index (χ1v) is 4.65. The Balaban J connectivity index is 2.83. The van der Waals surface area contributed by atoms with E-state index < -0.39 is 6.09 Å². The highest BCUT2D eigenvalue weighted by Crippen LogP contribution is 2.26. The van der Waals surface area contributed by atoms with E-state index in [-0.39, 0.29) is 0 Å². The molecule has 0 spiro atoms. The number of ether oxygens (including phenoxy) is 2. The minimum atomic E-state index is -0.504. The smallest absolute Gasteiger partial charge is 0.411 e. The summed E-state index contributed by atoms with van der Waals surface area (Å²) in [4.78, 5) is 10.9. The van der Waals surface area contributed by atoms with Crippen LogP contribution in [0.4, 0.5) is 10.5 Å². The largest absolute Gasteiger partial charge is 0.497 e. The fourth-order valence-electron chi connectivity index (χ4n) is 0.885. The van der Waals surface area contributed by atoms with E-state index in [1.807, 2.05) is 0 Å². The molecule has 1 N–H and O–H groups in total. The van der Waals surface area contributed by atoms with E-state index in [1.54, 1.807) is 25.3 Å². The predicted molar refractivity (Wildman–Crippen MR) is 56.7 cm³/mol. The Labute approximate surface area is 90.3 Å². The quantitative estimate of drug-likeness (QED) is 0.889. The SMILES string of the molecule is COC(=O)Nc1ccc(OC)cc1Br. The first kappa shape index (κ1) is 10.8. The number of anilines is 1. The number of carbonyl (C=O) groups is 1. The Morgan fingerprint density at radius 3 is 2.64 bits per heavy atom. The number of hydrogen-bond acceptors (Lipinski definition) is 3. The summed E-state index contributed by atoms with van der Waals surface area (Å²) in [6, 6.07) is 5.22. The Morgan fingerprint density at radius 1 is 1.43 bits per heavy atom. The summed E-state index contributed by atoms with van der Waals surface area (Å²) in [6.45, 7) is 0. The first-order chi connectivity index (χ1) is 6.67. The van der Waals surface area contributed by atoms with Gasteiger partial charge in [-0.25, -0.2) is 4.79 Å². The van der Waals surface area contributed by atoms with Crippen LogP contribution < -0.4 is 10.1 Å². The van der Waals surface area contributed by atoms with E-state index >= 15 is 0 Å². The van der Waals surface area contributed by atoms with Crippen LogP contribution >= 0.6 is 15.9 Å². The molecule has 0 aliphatic heterocycles. The van der Waals surface area contributed by atoms with Crippen LogP contribution in [-0.2, 0) is 4.74 Å². The summed E-state index contributed by atoms with van der Waals surface area (Å²) < 4.78 is 10.2. The van der Waals surface area contributed by atoms with Crippen molar-refractivity contribution in [3.63, 3.8) is 0 Å². The van der Waals surface area contributed by atoms with Gasteiger partial charge in [-0.15, -0.1) is 0 Å². The van der Waals surface area contributed by atoms with Crippen molar-refractivity contribution in [1.29, 1.82) is 0 Å². The third-order valence-corrected chi connectivity index (χ3v) is 2.25. The maximum absolute atomic E-state index is 10.9. The summed E-state index contributed by atoms with van der Waals surface area (Å²) in [5.41, 5.74) is 0.637. The van der Waals surface area contributed by atoms with Gasteiger partial charge in [0.05, 0.1) is 19.9 Å². The normalized spacial score (nSPS) is 9.36. The van der Waals surface area contributed by atoms with Crippen LogP contribution in [0, 0.1) is 0 Å². The lowest BCUT2D eigenvalue weighted by molar-refractivity contribution is 0.187. The van der Waals surface area contributed by atoms with Gasteiger partial charge in [0.2, 0.25) is 0 Å². The van der Waals surface area contributed by atoms with Gasteiger partial charge in [0.25, 0.3) is 0 Å². The van der Waals surface area contributed by atoms with Gasteiger partial charge < -0.3 is 9.47 Å². The molecule has 0 heterocycles. The lowest BCUT2D eigenvalue weighted by atomic mass is 10.3. The van der Waals surface area contributed by atoms with Crippen molar-refractivity contribution in [1.82, 2.24) is 0 Å². The van der Waals surface area contributed by atoms with Crippen molar-refractivity contribution in [2.24, 2.45) is 0 Å². The van der Waals surface area contributed by atoms with E-state index in [2.05, 4.69) is 26.0 Å². The fourth-order valence-corrected chi connectivity index (χ4v) is 1.34. The van der Waals surface area contributed by atoms with E-state index in [4.69, 9.17) is 4.74 Å². The second-order valence-corrected chi connectivity index (χ2v) is 3.32. The lowest BCUT2D eigenvalue weighted by Gasteiger charge is -2.07. The predicted octanol–water partition coefficient (Wildman–Crippen LogP) is 2.64. The highest BCUT2D eigenvalue weighted by molar-refractivity contribution is 9.10. The molecule has 76 valence electrons. The second kappa shape index (κ2) is 4.85. The number of halogens is 1. The van der Waals surface area contributed by atoms with Gasteiger partial charge in [0.15, 0.2) is 0 Å². The minimum Gasteiger partial charge on any atom is -0.497 e. The van der Waals surface area contributed by atoms with Crippen LogP contribution in [0.25, 0.3) is 0 Å². The Kier molecular flexibility index (Phi) is 3.76. The molecule has 0 aromatic heterocycles. The molecule has 0 aliphatic carbocycles. The Morgan fingerprint density at radius 2 is 2.14 bits per heavy atom. The number of carbonyl (C=O) groups excluding carboxylic acids is 1. The molecule has 0 radical (unpaired) electrons. The van der Waals surface area contributed by atoms with Crippen LogP contribution in [0.3, 0.4) is 0 Å². The molecule has 14 heavy (non-hydrogen) atoms. The monoisotopic (exact) mass is 259 g/mol. The Hall–Kier alpha value is -1.23. The minimum absolute atomic E-state index is 0.504. The topological polar surface area (TPSA) is 47.6 Å². The summed E-state index contributed by atoms with van der Waals surface area (Å²) in [5, 5.41) is 2.55. The summed E-state index contributed by atoms with van der Waals surface area (Å²) in [7, 11) is 2.89. The molecular weight excluding hydrogens is 250 g/mol. The fraction of sp³-hybridized carbons (Fsp3) is 0.222. The number of hydrogen-bond donors (Lipinski definition) is 1. The highest BCUT2D eigenvalue weighted by atomic mass is 79.9. The molecular formula is C9H10BrNO3. The maximum Gasteiger partial charge on any atom is 0.411 e. The molecule has 0 aliphatic rings. The highest BCUT2D eigenvalue weighted by Gasteiger charge is 2.05. The molecule has 1 aromatic carbocycles. The summed E-state index contributed by atoms with van der Waals surface area (Å²) in [5.74, 6) is 0.715. The van der Waals surface area contributed by atoms with Crippen molar-refractivity contribution in [3.05, 3.63) is 22.7 Å². The van der Waals surface area contributed by atoms with Crippen molar-refractivity contribution in [2.75, 3.05) is 19.5 Å². The maximum atomic E-state index is 10.9. The molecule has 1 aromatic rings. The van der Waals surface area contributed by atoms with Crippen LogP contribution in [-0.4, -0.2) is 20.3 Å². The van der Waals surface area contributed by atoms with Crippen molar-refractivity contribution in [2.45, 2.75) is 0 Å². The van der Waals surface area contributed by atoms with Crippen LogP contribution in [0.2, 0.25) is 0 Å². The summed E-state index contributed by atoms with van der Waals surface area (Å²) >= 11 is 3.30. The van der Waals surface area contributed by atoms with Crippen molar-refractivity contribution in [3.8, 4) is 5.75 Å². The van der Waals surface area contributed by atoms with Gasteiger partial charge in [-0.05, 0) is 34.1 Å². The van der Waals surface area contributed by atoms with E-state index in [1.165, 1.54) is 7.11 Å². The molecule has 1 amide bonds. The lowest BCUT2D eigenvalue weighted by Crippen LogP contribution is -2.11. The molecule has 0 bridgehead atoms. The first-order valence-electron chi connectivity index (χ1n) is 3.86. The zero-order valence-corrected chi connectivity index (χ0v) is 9.42. The number of methoxy groups -OCH3 is 2. The van der Waals surface area contributed by atoms with Gasteiger partial charge in [-0.1, -0.05) is 0 Å². The second-order valence-electron chi connectivity index (χ2n) is 2.46. The molecule has 4 nitrogen and oxygen atoms in total. The number of amides is 1. The molecule has 5 heteroatoms. The molecule has 0 atom stereocenters. The third-order valence-electron chi connectivity index (χ3n) is 1.60. The number of nitrogens with one attached hydrogen (secondary N) is 1. The number of benzene rings is 1. The van der Waals surface area contributed by atoms with Crippen LogP contribution in [0.15, 0.2) is 22.7 Å². The average molecular weight is 260 g/mol. The van der Waals surface area contributed by atoms with Crippen molar-refractivity contribution >= 4 is 27.7 Å². The third kappa shape index (κ3) is 2.63. The zero-order chi connectivity index (χ0) is 10.6. The summed E-state index contributed by atoms with van der Waals surface area (Å²) in [6.07, 6.45) is -0.504. The molecule has 0 saturated carbocycles.